The van der Waals surface area contributed by atoms with Crippen LogP contribution in [0.25, 0.3) is 0 Å². The lowest BCUT2D eigenvalue weighted by Crippen LogP contribution is -2.57. The van der Waals surface area contributed by atoms with Crippen LogP contribution >= 0.6 is 0 Å². The van der Waals surface area contributed by atoms with Crippen molar-refractivity contribution in [1.29, 1.82) is 5.41 Å². The Morgan fingerprint density at radius 3 is 2.31 bits per heavy atom. The van der Waals surface area contributed by atoms with Crippen molar-refractivity contribution in [2.45, 2.75) is 24.9 Å². The number of aliphatic hydroxyl groups is 3. The molecule has 3 atom stereocenters. The SMILES string of the molecule is CN(C)C(=O)c1cc(N(C)C)c2c(c1O)C(=O)C1=C(O)[C@]3(O)C(=N)C(C(N)=O)=C(O)C[C@@H]3C[C@@H]1C2. The molecular formula is C24H28N4O7. The number of phenols is 1. The molecule has 0 bridgehead atoms. The number of Topliss-reactive ketones (excluding diaryl/α,β-unsaturated/α-hetero) is 1. The van der Waals surface area contributed by atoms with E-state index in [1.165, 1.54) is 25.1 Å². The molecule has 0 spiro atoms. The van der Waals surface area contributed by atoms with Gasteiger partial charge < -0.3 is 41.4 Å². The number of carbonyl (C=O) groups is 3. The number of phenolic OH excluding ortho intramolecular Hbond substituents is 1. The number of rotatable bonds is 3. The maximum absolute atomic E-state index is 13.7. The third-order valence-electron chi connectivity index (χ3n) is 7.21. The Balaban J connectivity index is 1.96. The van der Waals surface area contributed by atoms with Crippen LogP contribution < -0.4 is 10.6 Å². The molecule has 1 aromatic rings. The summed E-state index contributed by atoms with van der Waals surface area (Å²) in [5.74, 6) is -5.70. The molecule has 11 nitrogen and oxygen atoms in total. The average Bonchev–Trinajstić information content (AvgIpc) is 2.75. The second kappa shape index (κ2) is 7.84. The van der Waals surface area contributed by atoms with Crippen LogP contribution in [-0.4, -0.2) is 82.4 Å². The predicted molar refractivity (Wildman–Crippen MR) is 126 cm³/mol. The number of nitrogens with two attached hydrogens (primary N) is 1. The number of anilines is 1. The molecule has 2 amide bonds. The highest BCUT2D eigenvalue weighted by Gasteiger charge is 2.58. The molecule has 3 aliphatic rings. The molecule has 0 saturated heterocycles. The van der Waals surface area contributed by atoms with Gasteiger partial charge >= 0.3 is 0 Å². The Bertz CT molecular complexity index is 1280. The van der Waals surface area contributed by atoms with E-state index < -0.39 is 63.6 Å². The van der Waals surface area contributed by atoms with Gasteiger partial charge in [0.2, 0.25) is 0 Å². The Morgan fingerprint density at radius 2 is 1.77 bits per heavy atom. The minimum atomic E-state index is -2.41. The minimum absolute atomic E-state index is 0.0917. The second-order valence-corrected chi connectivity index (χ2v) is 9.70. The molecule has 1 aromatic carbocycles. The minimum Gasteiger partial charge on any atom is -0.511 e. The zero-order chi connectivity index (χ0) is 26.1. The number of primary amides is 1. The van der Waals surface area contributed by atoms with Crippen LogP contribution in [0.2, 0.25) is 0 Å². The van der Waals surface area contributed by atoms with Crippen LogP contribution in [0.5, 0.6) is 5.75 Å². The van der Waals surface area contributed by atoms with Gasteiger partial charge in [0.15, 0.2) is 11.4 Å². The van der Waals surface area contributed by atoms with E-state index >= 15 is 0 Å². The lowest BCUT2D eigenvalue weighted by Gasteiger charge is -2.47. The molecule has 0 fully saturated rings. The largest absolute Gasteiger partial charge is 0.511 e. The highest BCUT2D eigenvalue weighted by atomic mass is 16.3. The third-order valence-corrected chi connectivity index (χ3v) is 7.21. The number of nitrogens with one attached hydrogen (secondary N) is 1. The van der Waals surface area contributed by atoms with Crippen molar-refractivity contribution >= 4 is 29.0 Å². The van der Waals surface area contributed by atoms with Gasteiger partial charge in [0, 0.05) is 51.8 Å². The van der Waals surface area contributed by atoms with E-state index in [1.54, 1.807) is 19.0 Å². The molecule has 0 aromatic heterocycles. The van der Waals surface area contributed by atoms with Crippen molar-refractivity contribution in [3.63, 3.8) is 0 Å². The number of aromatic hydroxyl groups is 1. The molecule has 35 heavy (non-hydrogen) atoms. The summed E-state index contributed by atoms with van der Waals surface area (Å²) in [4.78, 5) is 41.3. The van der Waals surface area contributed by atoms with Crippen LogP contribution in [-0.2, 0) is 11.2 Å². The van der Waals surface area contributed by atoms with Gasteiger partial charge in [-0.3, -0.25) is 14.4 Å². The normalized spacial score (nSPS) is 25.6. The van der Waals surface area contributed by atoms with E-state index in [2.05, 4.69) is 0 Å². The van der Waals surface area contributed by atoms with Crippen molar-refractivity contribution in [2.75, 3.05) is 33.1 Å². The first-order valence-electron chi connectivity index (χ1n) is 11.0. The summed E-state index contributed by atoms with van der Waals surface area (Å²) < 4.78 is 0. The summed E-state index contributed by atoms with van der Waals surface area (Å²) in [7, 11) is 6.49. The van der Waals surface area contributed by atoms with Crippen molar-refractivity contribution < 1.29 is 34.8 Å². The van der Waals surface area contributed by atoms with Crippen molar-refractivity contribution in [2.24, 2.45) is 17.6 Å². The van der Waals surface area contributed by atoms with E-state index in [0.29, 0.717) is 11.3 Å². The molecule has 0 unspecified atom stereocenters. The number of hydrogen-bond acceptors (Lipinski definition) is 9. The van der Waals surface area contributed by atoms with Gasteiger partial charge in [0.1, 0.15) is 22.8 Å². The smallest absolute Gasteiger partial charge is 0.257 e. The molecule has 0 aliphatic heterocycles. The summed E-state index contributed by atoms with van der Waals surface area (Å²) in [6, 6.07) is 1.52. The summed E-state index contributed by atoms with van der Waals surface area (Å²) in [6.07, 6.45) is 0.102. The monoisotopic (exact) mass is 484 g/mol. The van der Waals surface area contributed by atoms with Gasteiger partial charge in [-0.25, -0.2) is 0 Å². The second-order valence-electron chi connectivity index (χ2n) is 9.70. The Hall–Kier alpha value is -3.86. The molecule has 0 saturated carbocycles. The summed E-state index contributed by atoms with van der Waals surface area (Å²) >= 11 is 0. The quantitative estimate of drug-likeness (QED) is 0.363. The fourth-order valence-corrected chi connectivity index (χ4v) is 5.52. The zero-order valence-corrected chi connectivity index (χ0v) is 19.8. The average molecular weight is 485 g/mol. The number of aliphatic hydroxyl groups excluding tert-OH is 2. The molecule has 4 rings (SSSR count). The number of hydrogen-bond donors (Lipinski definition) is 6. The molecule has 7 N–H and O–H groups in total. The van der Waals surface area contributed by atoms with Gasteiger partial charge in [-0.05, 0) is 30.4 Å². The molecular weight excluding hydrogens is 456 g/mol. The Labute approximate surface area is 201 Å². The fraction of sp³-hybridized carbons (Fsp3) is 0.417. The molecule has 0 heterocycles. The highest BCUT2D eigenvalue weighted by molar-refractivity contribution is 6.25. The van der Waals surface area contributed by atoms with Crippen LogP contribution in [0.4, 0.5) is 5.69 Å². The number of nitrogens with zero attached hydrogens (tertiary/aromatic N) is 2. The van der Waals surface area contributed by atoms with Crippen molar-refractivity contribution in [3.05, 3.63) is 45.4 Å². The van der Waals surface area contributed by atoms with E-state index in [1.807, 2.05) is 0 Å². The van der Waals surface area contributed by atoms with Crippen molar-refractivity contribution in [1.82, 2.24) is 4.90 Å². The predicted octanol–water partition coefficient (Wildman–Crippen LogP) is 0.799. The first-order valence-corrected chi connectivity index (χ1v) is 11.0. The summed E-state index contributed by atoms with van der Waals surface area (Å²) in [5, 5.41) is 52.3. The number of allylic oxidation sites excluding steroid dienone is 2. The molecule has 0 radical (unpaired) electrons. The number of benzene rings is 1. The van der Waals surface area contributed by atoms with Gasteiger partial charge in [0.25, 0.3) is 11.8 Å². The Kier molecular flexibility index (Phi) is 5.44. The molecule has 11 heteroatoms. The maximum atomic E-state index is 13.7. The molecule has 186 valence electrons. The van der Waals surface area contributed by atoms with Gasteiger partial charge in [-0.15, -0.1) is 0 Å². The van der Waals surface area contributed by atoms with Crippen LogP contribution in [0.3, 0.4) is 0 Å². The van der Waals surface area contributed by atoms with Gasteiger partial charge in [-0.1, -0.05) is 0 Å². The lowest BCUT2D eigenvalue weighted by atomic mass is 9.60. The van der Waals surface area contributed by atoms with Gasteiger partial charge in [0.05, 0.1) is 16.8 Å². The first kappa shape index (κ1) is 24.3. The van der Waals surface area contributed by atoms with E-state index in [-0.39, 0.29) is 36.0 Å². The fourth-order valence-electron chi connectivity index (χ4n) is 5.52. The van der Waals surface area contributed by atoms with E-state index in [9.17, 15) is 34.8 Å². The zero-order valence-electron chi connectivity index (χ0n) is 19.8. The third kappa shape index (κ3) is 3.22. The number of fused-ring (bicyclic) bond motifs is 3. The number of carbonyl (C=O) groups excluding carboxylic acids is 3. The topological polar surface area (TPSA) is 188 Å². The van der Waals surface area contributed by atoms with Crippen LogP contribution in [0.1, 0.15) is 39.1 Å². The maximum Gasteiger partial charge on any atom is 0.257 e. The van der Waals surface area contributed by atoms with E-state index in [4.69, 9.17) is 11.1 Å². The highest BCUT2D eigenvalue weighted by Crippen LogP contribution is 2.52. The van der Waals surface area contributed by atoms with E-state index in [0.717, 1.165) is 0 Å². The van der Waals surface area contributed by atoms with Crippen LogP contribution in [0, 0.1) is 17.2 Å². The number of amides is 2. The summed E-state index contributed by atoms with van der Waals surface area (Å²) in [6.45, 7) is 0. The van der Waals surface area contributed by atoms with Gasteiger partial charge in [-0.2, -0.15) is 0 Å². The molecule has 3 aliphatic carbocycles. The summed E-state index contributed by atoms with van der Waals surface area (Å²) in [5.41, 5.74) is 2.08. The standard InChI is InChI=1S/C24H28N4O7/c1-27(2)13-8-12(23(34)28(3)4)18(30)16-11(13)6-9-5-10-7-14(29)17(22(26)33)20(25)24(10,35)21(32)15(9)19(16)31/h8-10,25,29-30,32,35H,5-7H2,1-4H3,(H2,26,33)/t9-,10+,24-/m1/s1. The first-order chi connectivity index (χ1) is 16.2. The van der Waals surface area contributed by atoms with Crippen LogP contribution in [0.15, 0.2) is 28.7 Å². The lowest BCUT2D eigenvalue weighted by molar-refractivity contribution is -0.114. The number of ketones is 1. The Morgan fingerprint density at radius 1 is 1.14 bits per heavy atom. The van der Waals surface area contributed by atoms with Crippen molar-refractivity contribution in [3.8, 4) is 5.75 Å².